The molecule has 0 aliphatic carbocycles. The van der Waals surface area contributed by atoms with Crippen LogP contribution >= 0.6 is 0 Å². The van der Waals surface area contributed by atoms with E-state index >= 15 is 0 Å². The molecule has 18 heavy (non-hydrogen) atoms. The number of aryl methyl sites for hydroxylation is 3. The van der Waals surface area contributed by atoms with Crippen LogP contribution in [0.25, 0.3) is 0 Å². The van der Waals surface area contributed by atoms with E-state index < -0.39 is 0 Å². The average molecular weight is 247 g/mol. The highest BCUT2D eigenvalue weighted by molar-refractivity contribution is 6.02. The van der Waals surface area contributed by atoms with Crippen LogP contribution in [0.3, 0.4) is 0 Å². The van der Waals surface area contributed by atoms with Crippen molar-refractivity contribution in [3.63, 3.8) is 0 Å². The average Bonchev–Trinajstić information content (AvgIpc) is 2.87. The van der Waals surface area contributed by atoms with Gasteiger partial charge in [0.25, 0.3) is 5.91 Å². The van der Waals surface area contributed by atoms with Crippen LogP contribution in [0.15, 0.2) is 12.3 Å². The molecule has 0 bridgehead atoms. The molecule has 0 atom stereocenters. The Kier molecular flexibility index (Phi) is 3.18. The Morgan fingerprint density at radius 3 is 2.61 bits per heavy atom. The van der Waals surface area contributed by atoms with Gasteiger partial charge in [-0.1, -0.05) is 6.92 Å². The standard InChI is InChI=1S/C12H17N5O/c1-5-9-8(2)11(17(4)15-9)14-12(18)10-6-7-13-16(10)3/h6-7H,5H2,1-4H3,(H,14,18). The summed E-state index contributed by atoms with van der Waals surface area (Å²) >= 11 is 0. The summed E-state index contributed by atoms with van der Waals surface area (Å²) in [5, 5.41) is 11.2. The van der Waals surface area contributed by atoms with Crippen LogP contribution in [0.5, 0.6) is 0 Å². The highest BCUT2D eigenvalue weighted by Gasteiger charge is 2.16. The predicted octanol–water partition coefficient (Wildman–Crippen LogP) is 1.28. The maximum Gasteiger partial charge on any atom is 0.275 e. The number of hydrogen-bond donors (Lipinski definition) is 1. The van der Waals surface area contributed by atoms with Crippen LogP contribution in [0, 0.1) is 6.92 Å². The topological polar surface area (TPSA) is 64.7 Å². The van der Waals surface area contributed by atoms with Crippen molar-refractivity contribution in [2.75, 3.05) is 5.32 Å². The summed E-state index contributed by atoms with van der Waals surface area (Å²) in [6.45, 7) is 4.01. The number of amides is 1. The number of carbonyl (C=O) groups is 1. The molecule has 96 valence electrons. The number of anilines is 1. The number of carbonyl (C=O) groups excluding carboxylic acids is 1. The minimum absolute atomic E-state index is 0.177. The first-order chi connectivity index (χ1) is 8.54. The second-order valence-electron chi connectivity index (χ2n) is 4.19. The third-order valence-corrected chi connectivity index (χ3v) is 3.00. The van der Waals surface area contributed by atoms with Gasteiger partial charge in [0.2, 0.25) is 0 Å². The van der Waals surface area contributed by atoms with Crippen molar-refractivity contribution in [1.82, 2.24) is 19.6 Å². The number of nitrogens with one attached hydrogen (secondary N) is 1. The first-order valence-corrected chi connectivity index (χ1v) is 5.86. The van der Waals surface area contributed by atoms with E-state index in [9.17, 15) is 4.79 Å². The third-order valence-electron chi connectivity index (χ3n) is 3.00. The summed E-state index contributed by atoms with van der Waals surface area (Å²) in [5.74, 6) is 0.557. The maximum absolute atomic E-state index is 12.1. The van der Waals surface area contributed by atoms with E-state index in [-0.39, 0.29) is 5.91 Å². The second kappa shape index (κ2) is 4.64. The normalized spacial score (nSPS) is 10.7. The van der Waals surface area contributed by atoms with Gasteiger partial charge < -0.3 is 5.32 Å². The smallest absolute Gasteiger partial charge is 0.275 e. The van der Waals surface area contributed by atoms with Crippen LogP contribution in [-0.4, -0.2) is 25.5 Å². The second-order valence-corrected chi connectivity index (χ2v) is 4.19. The molecule has 0 aromatic carbocycles. The van der Waals surface area contributed by atoms with Gasteiger partial charge >= 0.3 is 0 Å². The molecule has 0 radical (unpaired) electrons. The fourth-order valence-corrected chi connectivity index (χ4v) is 1.96. The van der Waals surface area contributed by atoms with Crippen molar-refractivity contribution >= 4 is 11.7 Å². The lowest BCUT2D eigenvalue weighted by Gasteiger charge is -2.06. The fraction of sp³-hybridized carbons (Fsp3) is 0.417. The molecular weight excluding hydrogens is 230 g/mol. The molecule has 1 N–H and O–H groups in total. The van der Waals surface area contributed by atoms with Gasteiger partial charge in [-0.25, -0.2) is 0 Å². The lowest BCUT2D eigenvalue weighted by Crippen LogP contribution is -2.18. The molecule has 0 aliphatic rings. The zero-order valence-corrected chi connectivity index (χ0v) is 11.1. The minimum atomic E-state index is -0.177. The summed E-state index contributed by atoms with van der Waals surface area (Å²) < 4.78 is 3.24. The summed E-state index contributed by atoms with van der Waals surface area (Å²) in [6, 6.07) is 1.68. The largest absolute Gasteiger partial charge is 0.305 e. The Morgan fingerprint density at radius 1 is 1.39 bits per heavy atom. The molecule has 2 aromatic rings. The van der Waals surface area contributed by atoms with Crippen molar-refractivity contribution in [3.8, 4) is 0 Å². The SMILES string of the molecule is CCc1nn(C)c(NC(=O)c2ccnn2C)c1C. The van der Waals surface area contributed by atoms with Crippen LogP contribution in [0.2, 0.25) is 0 Å². The molecule has 2 aromatic heterocycles. The fourth-order valence-electron chi connectivity index (χ4n) is 1.96. The molecule has 2 heterocycles. The molecule has 0 saturated heterocycles. The zero-order chi connectivity index (χ0) is 13.3. The Labute approximate surface area is 106 Å². The van der Waals surface area contributed by atoms with Gasteiger partial charge in [0.1, 0.15) is 11.5 Å². The number of hydrogen-bond acceptors (Lipinski definition) is 3. The molecular formula is C12H17N5O. The predicted molar refractivity (Wildman–Crippen MR) is 68.5 cm³/mol. The van der Waals surface area contributed by atoms with Crippen molar-refractivity contribution in [2.24, 2.45) is 14.1 Å². The van der Waals surface area contributed by atoms with Gasteiger partial charge in [0.05, 0.1) is 5.69 Å². The Hall–Kier alpha value is -2.11. The molecule has 1 amide bonds. The van der Waals surface area contributed by atoms with Gasteiger partial charge in [0.15, 0.2) is 0 Å². The number of nitrogens with zero attached hydrogens (tertiary/aromatic N) is 4. The lowest BCUT2D eigenvalue weighted by atomic mass is 10.2. The summed E-state index contributed by atoms with van der Waals surface area (Å²) in [4.78, 5) is 12.1. The van der Waals surface area contributed by atoms with Gasteiger partial charge in [0, 0.05) is 25.9 Å². The van der Waals surface area contributed by atoms with Gasteiger partial charge in [-0.3, -0.25) is 14.2 Å². The Balaban J connectivity index is 2.27. The first kappa shape index (κ1) is 12.3. The summed E-state index contributed by atoms with van der Waals surface area (Å²) in [5.41, 5.74) is 2.53. The van der Waals surface area contributed by atoms with Crippen LogP contribution < -0.4 is 5.32 Å². The van der Waals surface area contributed by atoms with Gasteiger partial charge in [-0.2, -0.15) is 10.2 Å². The highest BCUT2D eigenvalue weighted by Crippen LogP contribution is 2.19. The maximum atomic E-state index is 12.1. The minimum Gasteiger partial charge on any atom is -0.305 e. The molecule has 0 spiro atoms. The Morgan fingerprint density at radius 2 is 2.11 bits per heavy atom. The van der Waals surface area contributed by atoms with Crippen molar-refractivity contribution < 1.29 is 4.79 Å². The summed E-state index contributed by atoms with van der Waals surface area (Å²) in [7, 11) is 3.56. The van der Waals surface area contributed by atoms with Gasteiger partial charge in [-0.05, 0) is 19.4 Å². The highest BCUT2D eigenvalue weighted by atomic mass is 16.2. The van der Waals surface area contributed by atoms with E-state index in [1.165, 1.54) is 0 Å². The van der Waals surface area contributed by atoms with Gasteiger partial charge in [-0.15, -0.1) is 0 Å². The summed E-state index contributed by atoms with van der Waals surface area (Å²) in [6.07, 6.45) is 2.45. The zero-order valence-electron chi connectivity index (χ0n) is 11.1. The molecule has 0 aliphatic heterocycles. The van der Waals surface area contributed by atoms with E-state index in [1.54, 1.807) is 28.7 Å². The number of rotatable bonds is 3. The molecule has 0 unspecified atom stereocenters. The quantitative estimate of drug-likeness (QED) is 0.888. The molecule has 6 nitrogen and oxygen atoms in total. The molecule has 6 heteroatoms. The van der Waals surface area contributed by atoms with E-state index in [0.29, 0.717) is 5.69 Å². The number of aromatic nitrogens is 4. The van der Waals surface area contributed by atoms with E-state index in [4.69, 9.17) is 0 Å². The van der Waals surface area contributed by atoms with Crippen LogP contribution in [0.1, 0.15) is 28.7 Å². The Bertz CT molecular complexity index is 581. The first-order valence-electron chi connectivity index (χ1n) is 5.86. The van der Waals surface area contributed by atoms with Crippen LogP contribution in [0.4, 0.5) is 5.82 Å². The molecule has 0 fully saturated rings. The van der Waals surface area contributed by atoms with Crippen molar-refractivity contribution in [1.29, 1.82) is 0 Å². The molecule has 0 saturated carbocycles. The third kappa shape index (κ3) is 2.01. The van der Waals surface area contributed by atoms with E-state index in [1.807, 2.05) is 20.9 Å². The van der Waals surface area contributed by atoms with E-state index in [2.05, 4.69) is 15.5 Å². The van der Waals surface area contributed by atoms with Crippen molar-refractivity contribution in [2.45, 2.75) is 20.3 Å². The lowest BCUT2D eigenvalue weighted by molar-refractivity contribution is 0.101. The van der Waals surface area contributed by atoms with E-state index in [0.717, 1.165) is 23.5 Å². The van der Waals surface area contributed by atoms with Crippen LogP contribution in [-0.2, 0) is 20.5 Å². The van der Waals surface area contributed by atoms with Crippen molar-refractivity contribution in [3.05, 3.63) is 29.2 Å². The molecule has 2 rings (SSSR count). The monoisotopic (exact) mass is 247 g/mol.